The maximum absolute atomic E-state index is 14.4. The monoisotopic (exact) mass is 629 g/mol. The van der Waals surface area contributed by atoms with Gasteiger partial charge in [0.15, 0.2) is 17.4 Å². The molecule has 236 valence electrons. The van der Waals surface area contributed by atoms with E-state index in [9.17, 15) is 27.6 Å². The molecule has 4 aromatic rings. The molecule has 1 aromatic heterocycles. The van der Waals surface area contributed by atoms with Crippen LogP contribution in [0.1, 0.15) is 70.2 Å². The largest absolute Gasteiger partial charge is 0.468 e. The molecule has 1 aliphatic rings. The Morgan fingerprint density at radius 2 is 1.50 bits per heavy atom. The van der Waals surface area contributed by atoms with Gasteiger partial charge < -0.3 is 9.47 Å². The molecule has 0 aliphatic carbocycles. The van der Waals surface area contributed by atoms with Crippen molar-refractivity contribution in [3.63, 3.8) is 0 Å². The molecule has 11 heteroatoms. The summed E-state index contributed by atoms with van der Waals surface area (Å²) in [6.07, 6.45) is -6.06. The number of anilines is 1. The van der Waals surface area contributed by atoms with Gasteiger partial charge in [0.05, 0.1) is 30.0 Å². The van der Waals surface area contributed by atoms with Crippen LogP contribution in [-0.4, -0.2) is 35.0 Å². The molecule has 0 bridgehead atoms. The summed E-state index contributed by atoms with van der Waals surface area (Å²) in [4.78, 5) is 42.9. The number of nitrogens with zero attached hydrogens (tertiary/aromatic N) is 3. The Morgan fingerprint density at radius 3 is 2.04 bits per heavy atom. The van der Waals surface area contributed by atoms with Crippen LogP contribution in [0.15, 0.2) is 102 Å². The van der Waals surface area contributed by atoms with E-state index in [4.69, 9.17) is 9.47 Å². The number of methoxy groups -OCH3 is 1. The lowest BCUT2D eigenvalue weighted by molar-refractivity contribution is -0.152. The molecule has 46 heavy (non-hydrogen) atoms. The highest BCUT2D eigenvalue weighted by molar-refractivity contribution is 6.21. The zero-order valence-electron chi connectivity index (χ0n) is 25.4. The molecule has 5 rings (SSSR count). The van der Waals surface area contributed by atoms with Crippen molar-refractivity contribution in [2.75, 3.05) is 12.0 Å². The van der Waals surface area contributed by atoms with Crippen molar-refractivity contribution in [1.82, 2.24) is 10.2 Å². The topological polar surface area (TPSA) is 98.7 Å². The van der Waals surface area contributed by atoms with Gasteiger partial charge >= 0.3 is 12.1 Å². The average molecular weight is 630 g/mol. The van der Waals surface area contributed by atoms with Crippen LogP contribution in [0.5, 0.6) is 0 Å². The van der Waals surface area contributed by atoms with Crippen LogP contribution >= 0.6 is 0 Å². The van der Waals surface area contributed by atoms with Crippen LogP contribution in [0.2, 0.25) is 0 Å². The van der Waals surface area contributed by atoms with E-state index >= 15 is 0 Å². The molecule has 0 radical (unpaired) electrons. The van der Waals surface area contributed by atoms with Crippen LogP contribution in [0.4, 0.5) is 19.0 Å². The van der Waals surface area contributed by atoms with Gasteiger partial charge in [-0.15, -0.1) is 5.10 Å². The Bertz CT molecular complexity index is 1770. The number of esters is 1. The number of rotatable bonds is 9. The van der Waals surface area contributed by atoms with Crippen LogP contribution in [-0.2, 0) is 25.2 Å². The minimum atomic E-state index is -4.61. The van der Waals surface area contributed by atoms with E-state index in [1.807, 2.05) is 13.8 Å². The summed E-state index contributed by atoms with van der Waals surface area (Å²) in [5.41, 5.74) is 1.15. The second-order valence-electron chi connectivity index (χ2n) is 11.0. The number of aromatic nitrogens is 2. The first-order valence-corrected chi connectivity index (χ1v) is 14.4. The predicted molar refractivity (Wildman–Crippen MR) is 163 cm³/mol. The number of ketones is 1. The molecule has 8 nitrogen and oxygen atoms in total. The number of ether oxygens (including phenoxy) is 2. The van der Waals surface area contributed by atoms with Gasteiger partial charge in [-0.05, 0) is 48.2 Å². The first-order valence-electron chi connectivity index (χ1n) is 14.4. The second-order valence-corrected chi connectivity index (χ2v) is 11.0. The maximum atomic E-state index is 14.4. The Kier molecular flexibility index (Phi) is 9.04. The molecule has 0 N–H and O–H groups in total. The zero-order chi connectivity index (χ0) is 33.2. The molecule has 1 amide bonds. The third-order valence-corrected chi connectivity index (χ3v) is 7.61. The van der Waals surface area contributed by atoms with Gasteiger partial charge in [0.2, 0.25) is 6.10 Å². The molecule has 0 saturated heterocycles. The molecule has 1 aliphatic heterocycles. The number of aryl methyl sites for hydroxylation is 1. The normalized spacial score (nSPS) is 15.7. The Hall–Kier alpha value is -5.32. The Labute approximate surface area is 263 Å². The smallest absolute Gasteiger partial charge is 0.416 e. The zero-order valence-corrected chi connectivity index (χ0v) is 25.4. The first-order chi connectivity index (χ1) is 21.9. The first kappa shape index (κ1) is 32.1. The van der Waals surface area contributed by atoms with E-state index in [1.54, 1.807) is 67.6 Å². The van der Waals surface area contributed by atoms with Crippen LogP contribution in [0.3, 0.4) is 0 Å². The third kappa shape index (κ3) is 6.39. The molecule has 0 fully saturated rings. The van der Waals surface area contributed by atoms with E-state index in [1.165, 1.54) is 18.2 Å². The number of hydrogen-bond donors (Lipinski definition) is 0. The Morgan fingerprint density at radius 1 is 0.848 bits per heavy atom. The number of halogens is 3. The molecule has 0 saturated carbocycles. The molecule has 0 unspecified atom stereocenters. The number of benzene rings is 3. The van der Waals surface area contributed by atoms with Gasteiger partial charge in [-0.1, -0.05) is 80.6 Å². The lowest BCUT2D eigenvalue weighted by Gasteiger charge is -2.26. The van der Waals surface area contributed by atoms with Gasteiger partial charge in [0.25, 0.3) is 5.91 Å². The SMILES string of the molecule is COC(=O)[C@H](OC1=C(C(=O)c2ccc(C(C)C)cc2)[C@H](c2ccc(C(F)(F)F)cc2)N(c2ccc(C)nn2)C1=O)c1ccccc1. The van der Waals surface area contributed by atoms with Gasteiger partial charge in [-0.25, -0.2) is 4.79 Å². The molecule has 3 aromatic carbocycles. The highest BCUT2D eigenvalue weighted by Gasteiger charge is 2.48. The molecule has 2 atom stereocenters. The van der Waals surface area contributed by atoms with Crippen LogP contribution in [0, 0.1) is 6.92 Å². The quantitative estimate of drug-likeness (QED) is 0.144. The van der Waals surface area contributed by atoms with E-state index in [-0.39, 0.29) is 28.4 Å². The minimum absolute atomic E-state index is 0.0221. The van der Waals surface area contributed by atoms with Crippen molar-refractivity contribution >= 4 is 23.5 Å². The fourth-order valence-electron chi connectivity index (χ4n) is 5.14. The van der Waals surface area contributed by atoms with Crippen molar-refractivity contribution in [2.45, 2.75) is 45.0 Å². The van der Waals surface area contributed by atoms with E-state index < -0.39 is 47.3 Å². The fraction of sp³-hybridized carbons (Fsp3) is 0.229. The fourth-order valence-corrected chi connectivity index (χ4v) is 5.14. The third-order valence-electron chi connectivity index (χ3n) is 7.61. The highest BCUT2D eigenvalue weighted by atomic mass is 19.4. The summed E-state index contributed by atoms with van der Waals surface area (Å²) in [5, 5.41) is 8.20. The number of carbonyl (C=O) groups is 3. The summed E-state index contributed by atoms with van der Waals surface area (Å²) in [6, 6.07) is 21.0. The predicted octanol–water partition coefficient (Wildman–Crippen LogP) is 7.08. The molecule has 2 heterocycles. The maximum Gasteiger partial charge on any atom is 0.416 e. The molecule has 0 spiro atoms. The van der Waals surface area contributed by atoms with Crippen molar-refractivity contribution in [2.24, 2.45) is 0 Å². The summed E-state index contributed by atoms with van der Waals surface area (Å²) < 4.78 is 51.7. The van der Waals surface area contributed by atoms with Gasteiger partial charge in [0, 0.05) is 11.1 Å². The lowest BCUT2D eigenvalue weighted by atomic mass is 9.91. The molecular weight excluding hydrogens is 599 g/mol. The highest BCUT2D eigenvalue weighted by Crippen LogP contribution is 2.44. The van der Waals surface area contributed by atoms with Gasteiger partial charge in [0.1, 0.15) is 0 Å². The minimum Gasteiger partial charge on any atom is -0.468 e. The van der Waals surface area contributed by atoms with Crippen molar-refractivity contribution in [3.8, 4) is 0 Å². The number of alkyl halides is 3. The lowest BCUT2D eigenvalue weighted by Crippen LogP contribution is -2.32. The van der Waals surface area contributed by atoms with Gasteiger partial charge in [-0.2, -0.15) is 18.3 Å². The Balaban J connectivity index is 1.74. The van der Waals surface area contributed by atoms with E-state index in [0.29, 0.717) is 11.3 Å². The van der Waals surface area contributed by atoms with E-state index in [2.05, 4.69) is 10.2 Å². The summed E-state index contributed by atoms with van der Waals surface area (Å²) >= 11 is 0. The van der Waals surface area contributed by atoms with Crippen LogP contribution < -0.4 is 4.90 Å². The van der Waals surface area contributed by atoms with Gasteiger partial charge in [-0.3, -0.25) is 14.5 Å². The number of amides is 1. The second kappa shape index (κ2) is 13.0. The van der Waals surface area contributed by atoms with Crippen molar-refractivity contribution in [3.05, 3.63) is 136 Å². The van der Waals surface area contributed by atoms with Crippen molar-refractivity contribution in [1.29, 1.82) is 0 Å². The van der Waals surface area contributed by atoms with Crippen molar-refractivity contribution < 1.29 is 37.0 Å². The molecular formula is C35H30F3N3O5. The standard InChI is InChI=1S/C35H30F3N3O5/c1-20(2)22-11-13-24(14-12-22)30(42)28-29(23-15-17-26(18-16-23)35(36,37)38)41(27-19-10-21(3)39-40-27)33(43)32(28)46-31(34(44)45-4)25-8-6-5-7-9-25/h5-20,29,31H,1-4H3/t29-,31+/m0/s1. The number of Topliss-reactive ketones (excluding diaryl/α,β-unsaturated/α-hetero) is 1. The average Bonchev–Trinajstić information content (AvgIpc) is 3.34. The summed E-state index contributed by atoms with van der Waals surface area (Å²) in [7, 11) is 1.16. The summed E-state index contributed by atoms with van der Waals surface area (Å²) in [5.74, 6) is -2.56. The number of carbonyl (C=O) groups excluding carboxylic acids is 3. The van der Waals surface area contributed by atoms with Crippen LogP contribution in [0.25, 0.3) is 0 Å². The van der Waals surface area contributed by atoms with E-state index in [0.717, 1.165) is 29.7 Å². The number of hydrogen-bond acceptors (Lipinski definition) is 7. The summed E-state index contributed by atoms with van der Waals surface area (Å²) in [6.45, 7) is 5.69.